The summed E-state index contributed by atoms with van der Waals surface area (Å²) in [6.45, 7) is 0. The smallest absolute Gasteiger partial charge is 0.264 e. The highest BCUT2D eigenvalue weighted by atomic mass is 32.1. The summed E-state index contributed by atoms with van der Waals surface area (Å²) < 4.78 is 0.797. The molecule has 1 unspecified atom stereocenters. The molecule has 1 fully saturated rings. The molecule has 0 saturated carbocycles. The number of nitrogens with one attached hydrogen (secondary N) is 1. The van der Waals surface area contributed by atoms with E-state index in [4.69, 9.17) is 5.73 Å². The minimum atomic E-state index is -0.822. The highest BCUT2D eigenvalue weighted by Gasteiger charge is 2.37. The van der Waals surface area contributed by atoms with Gasteiger partial charge in [0.1, 0.15) is 10.9 Å². The molecular formula is C13H12N4O3S. The molecule has 3 rings (SSSR count). The van der Waals surface area contributed by atoms with Gasteiger partial charge in [-0.25, -0.2) is 0 Å². The second-order valence-electron chi connectivity index (χ2n) is 4.74. The van der Waals surface area contributed by atoms with E-state index in [1.165, 1.54) is 18.4 Å². The number of fused-ring (bicyclic) bond motifs is 1. The van der Waals surface area contributed by atoms with Crippen LogP contribution in [0.2, 0.25) is 0 Å². The zero-order valence-electron chi connectivity index (χ0n) is 11.1. The number of carbonyl (C=O) groups excluding carboxylic acids is 3. The van der Waals surface area contributed by atoms with Crippen LogP contribution in [-0.4, -0.2) is 40.7 Å². The Kier molecular flexibility index (Phi) is 3.09. The van der Waals surface area contributed by atoms with Crippen molar-refractivity contribution in [1.82, 2.24) is 15.2 Å². The fourth-order valence-corrected chi connectivity index (χ4v) is 3.22. The highest BCUT2D eigenvalue weighted by molar-refractivity contribution is 7.21. The molecule has 0 spiro atoms. The highest BCUT2D eigenvalue weighted by Crippen LogP contribution is 2.32. The molecule has 0 radical (unpaired) electrons. The lowest BCUT2D eigenvalue weighted by atomic mass is 10.2. The number of amides is 3. The standard InChI is InChI=1S/C13H12N4O3S/c1-17-9(18)4-7(13(17)20)16-12(19)11-10(14)6-2-3-15-5-8(6)21-11/h2-3,5,7H,4,14H2,1H3,(H,16,19). The fourth-order valence-electron chi connectivity index (χ4n) is 2.23. The summed E-state index contributed by atoms with van der Waals surface area (Å²) in [6.07, 6.45) is 3.21. The monoisotopic (exact) mass is 304 g/mol. The molecule has 1 atom stereocenters. The number of thiophene rings is 1. The van der Waals surface area contributed by atoms with Crippen LogP contribution in [0.3, 0.4) is 0 Å². The van der Waals surface area contributed by atoms with Crippen molar-refractivity contribution in [3.63, 3.8) is 0 Å². The first-order valence-electron chi connectivity index (χ1n) is 6.22. The Hall–Kier alpha value is -2.48. The number of nitrogen functional groups attached to an aromatic ring is 1. The molecule has 3 N–H and O–H groups in total. The van der Waals surface area contributed by atoms with Gasteiger partial charge >= 0.3 is 0 Å². The Bertz CT molecular complexity index is 770. The predicted octanol–water partition coefficient (Wildman–Crippen LogP) is 0.366. The van der Waals surface area contributed by atoms with E-state index >= 15 is 0 Å². The topological polar surface area (TPSA) is 105 Å². The Morgan fingerprint density at radius 2 is 2.29 bits per heavy atom. The van der Waals surface area contributed by atoms with Gasteiger partial charge in [0.05, 0.1) is 16.8 Å². The Labute approximate surface area is 123 Å². The molecule has 3 heterocycles. The van der Waals surface area contributed by atoms with Gasteiger partial charge in [-0.2, -0.15) is 0 Å². The van der Waals surface area contributed by atoms with Crippen molar-refractivity contribution in [3.8, 4) is 0 Å². The summed E-state index contributed by atoms with van der Waals surface area (Å²) >= 11 is 1.21. The fraction of sp³-hybridized carbons (Fsp3) is 0.231. The SMILES string of the molecule is CN1C(=O)CC(NC(=O)c2sc3cnccc3c2N)C1=O. The predicted molar refractivity (Wildman–Crippen MR) is 77.7 cm³/mol. The zero-order chi connectivity index (χ0) is 15.1. The number of hydrogen-bond donors (Lipinski definition) is 2. The second kappa shape index (κ2) is 4.81. The molecule has 1 aliphatic heterocycles. The minimum Gasteiger partial charge on any atom is -0.397 e. The van der Waals surface area contributed by atoms with Gasteiger partial charge in [0, 0.05) is 24.8 Å². The van der Waals surface area contributed by atoms with Crippen molar-refractivity contribution >= 4 is 44.8 Å². The maximum atomic E-state index is 12.3. The van der Waals surface area contributed by atoms with Crippen molar-refractivity contribution in [2.75, 3.05) is 12.8 Å². The Morgan fingerprint density at radius 3 is 2.90 bits per heavy atom. The number of aromatic nitrogens is 1. The van der Waals surface area contributed by atoms with E-state index in [1.807, 2.05) is 0 Å². The third-order valence-corrected chi connectivity index (χ3v) is 4.58. The normalized spacial score (nSPS) is 18.5. The summed E-state index contributed by atoms with van der Waals surface area (Å²) in [4.78, 5) is 40.8. The lowest BCUT2D eigenvalue weighted by Crippen LogP contribution is -2.40. The quantitative estimate of drug-likeness (QED) is 0.780. The molecule has 1 aliphatic rings. The molecule has 0 bridgehead atoms. The van der Waals surface area contributed by atoms with Crippen molar-refractivity contribution in [2.45, 2.75) is 12.5 Å². The zero-order valence-corrected chi connectivity index (χ0v) is 11.9. The number of nitrogens with two attached hydrogens (primary N) is 1. The van der Waals surface area contributed by atoms with Crippen LogP contribution in [0.5, 0.6) is 0 Å². The van der Waals surface area contributed by atoms with Crippen LogP contribution < -0.4 is 11.1 Å². The first kappa shape index (κ1) is 13.5. The average molecular weight is 304 g/mol. The van der Waals surface area contributed by atoms with E-state index in [9.17, 15) is 14.4 Å². The average Bonchev–Trinajstić information content (AvgIpc) is 2.93. The van der Waals surface area contributed by atoms with E-state index in [2.05, 4.69) is 10.3 Å². The van der Waals surface area contributed by atoms with E-state index in [1.54, 1.807) is 18.5 Å². The third-order valence-electron chi connectivity index (χ3n) is 3.42. The molecule has 0 aromatic carbocycles. The van der Waals surface area contributed by atoms with Gasteiger partial charge in [0.2, 0.25) is 5.91 Å². The summed E-state index contributed by atoms with van der Waals surface area (Å²) in [7, 11) is 1.40. The van der Waals surface area contributed by atoms with Gasteiger partial charge in [-0.15, -0.1) is 11.3 Å². The third kappa shape index (κ3) is 2.13. The van der Waals surface area contributed by atoms with Crippen LogP contribution in [0.1, 0.15) is 16.1 Å². The van der Waals surface area contributed by atoms with E-state index in [-0.39, 0.29) is 12.3 Å². The van der Waals surface area contributed by atoms with E-state index in [0.29, 0.717) is 10.6 Å². The van der Waals surface area contributed by atoms with Crippen LogP contribution in [0.15, 0.2) is 18.5 Å². The second-order valence-corrected chi connectivity index (χ2v) is 5.79. The van der Waals surface area contributed by atoms with Gasteiger partial charge in [-0.3, -0.25) is 24.3 Å². The summed E-state index contributed by atoms with van der Waals surface area (Å²) in [5, 5.41) is 3.32. The van der Waals surface area contributed by atoms with E-state index in [0.717, 1.165) is 15.0 Å². The molecule has 21 heavy (non-hydrogen) atoms. The molecular weight excluding hydrogens is 292 g/mol. The molecule has 2 aromatic heterocycles. The van der Waals surface area contributed by atoms with Crippen LogP contribution in [0.25, 0.3) is 10.1 Å². The first-order valence-corrected chi connectivity index (χ1v) is 7.04. The lowest BCUT2D eigenvalue weighted by molar-refractivity contribution is -0.137. The maximum Gasteiger partial charge on any atom is 0.264 e. The molecule has 2 aromatic rings. The largest absolute Gasteiger partial charge is 0.397 e. The maximum absolute atomic E-state index is 12.3. The number of pyridine rings is 1. The number of anilines is 1. The number of likely N-dealkylation sites (N-methyl/N-ethyl adjacent to an activating group) is 1. The first-order chi connectivity index (χ1) is 9.99. The van der Waals surface area contributed by atoms with Gasteiger partial charge in [0.25, 0.3) is 11.8 Å². The van der Waals surface area contributed by atoms with Crippen molar-refractivity contribution in [1.29, 1.82) is 0 Å². The number of rotatable bonds is 2. The summed E-state index contributed by atoms with van der Waals surface area (Å²) in [5.74, 6) is -1.16. The van der Waals surface area contributed by atoms with Crippen LogP contribution >= 0.6 is 11.3 Å². The van der Waals surface area contributed by atoms with Crippen molar-refractivity contribution in [3.05, 3.63) is 23.3 Å². The van der Waals surface area contributed by atoms with Crippen LogP contribution in [0.4, 0.5) is 5.69 Å². The Balaban J connectivity index is 1.86. The molecule has 0 aliphatic carbocycles. The molecule has 7 nitrogen and oxygen atoms in total. The van der Waals surface area contributed by atoms with Gasteiger partial charge < -0.3 is 11.1 Å². The van der Waals surface area contributed by atoms with Crippen molar-refractivity contribution < 1.29 is 14.4 Å². The van der Waals surface area contributed by atoms with Crippen molar-refractivity contribution in [2.24, 2.45) is 0 Å². The lowest BCUT2D eigenvalue weighted by Gasteiger charge is -2.10. The summed E-state index contributed by atoms with van der Waals surface area (Å²) in [6, 6.07) is 0.911. The van der Waals surface area contributed by atoms with E-state index < -0.39 is 17.9 Å². The summed E-state index contributed by atoms with van der Waals surface area (Å²) in [5.41, 5.74) is 6.32. The number of imide groups is 1. The molecule has 3 amide bonds. The Morgan fingerprint density at radius 1 is 1.52 bits per heavy atom. The molecule has 108 valence electrons. The van der Waals surface area contributed by atoms with Gasteiger partial charge in [0.15, 0.2) is 0 Å². The number of hydrogen-bond acceptors (Lipinski definition) is 6. The number of carbonyl (C=O) groups is 3. The molecule has 1 saturated heterocycles. The van der Waals surface area contributed by atoms with Crippen LogP contribution in [0, 0.1) is 0 Å². The number of nitrogens with zero attached hydrogens (tertiary/aromatic N) is 2. The molecule has 8 heteroatoms. The minimum absolute atomic E-state index is 0.0204. The number of likely N-dealkylation sites (tertiary alicyclic amines) is 1. The van der Waals surface area contributed by atoms with Gasteiger partial charge in [-0.05, 0) is 6.07 Å². The van der Waals surface area contributed by atoms with Crippen LogP contribution in [-0.2, 0) is 9.59 Å². The van der Waals surface area contributed by atoms with Gasteiger partial charge in [-0.1, -0.05) is 0 Å².